The highest BCUT2D eigenvalue weighted by Crippen LogP contribution is 2.28. The number of aryl methyl sites for hydroxylation is 1. The highest BCUT2D eigenvalue weighted by atomic mass is 32.2. The van der Waals surface area contributed by atoms with E-state index in [0.717, 1.165) is 24.8 Å². The van der Waals surface area contributed by atoms with Crippen molar-refractivity contribution in [2.24, 2.45) is 0 Å². The molecule has 0 aliphatic carbocycles. The largest absolute Gasteiger partial charge is 0.444 e. The third-order valence-electron chi connectivity index (χ3n) is 5.42. The molecule has 0 radical (unpaired) electrons. The van der Waals surface area contributed by atoms with E-state index in [0.29, 0.717) is 13.1 Å². The van der Waals surface area contributed by atoms with Gasteiger partial charge in [0.2, 0.25) is 5.91 Å². The van der Waals surface area contributed by atoms with Gasteiger partial charge in [0.15, 0.2) is 0 Å². The third kappa shape index (κ3) is 5.98. The Balaban J connectivity index is 1.78. The maximum Gasteiger partial charge on any atom is 0.411 e. The lowest BCUT2D eigenvalue weighted by Gasteiger charge is -2.33. The van der Waals surface area contributed by atoms with Gasteiger partial charge in [-0.3, -0.25) is 13.9 Å². The lowest BCUT2D eigenvalue weighted by molar-refractivity contribution is -0.136. The van der Waals surface area contributed by atoms with Crippen LogP contribution < -0.4 is 0 Å². The molecule has 31 heavy (non-hydrogen) atoms. The fourth-order valence-electron chi connectivity index (χ4n) is 3.89. The quantitative estimate of drug-likeness (QED) is 0.652. The second kappa shape index (κ2) is 9.16. The fourth-order valence-corrected chi connectivity index (χ4v) is 4.97. The van der Waals surface area contributed by atoms with Crippen LogP contribution in [-0.4, -0.2) is 67.6 Å². The summed E-state index contributed by atoms with van der Waals surface area (Å²) in [5, 5.41) is 0. The van der Waals surface area contributed by atoms with E-state index in [2.05, 4.69) is 0 Å². The minimum absolute atomic E-state index is 0.0236. The summed E-state index contributed by atoms with van der Waals surface area (Å²) in [6.45, 7) is 8.37. The maximum atomic E-state index is 13.2. The van der Waals surface area contributed by atoms with Gasteiger partial charge in [-0.2, -0.15) is 8.42 Å². The van der Waals surface area contributed by atoms with Crippen LogP contribution in [0.25, 0.3) is 0 Å². The SMILES string of the molecule is Cc1ccc(S(=O)(=O)OC2CC(C(=O)N3CCCCC3)N(C(=O)OC(C)(C)C)C2)cc1. The van der Waals surface area contributed by atoms with Gasteiger partial charge in [-0.25, -0.2) is 4.79 Å². The molecule has 2 atom stereocenters. The summed E-state index contributed by atoms with van der Waals surface area (Å²) >= 11 is 0. The van der Waals surface area contributed by atoms with Crippen molar-refractivity contribution in [3.63, 3.8) is 0 Å². The molecule has 2 unspecified atom stereocenters. The van der Waals surface area contributed by atoms with Gasteiger partial charge in [0.1, 0.15) is 11.6 Å². The van der Waals surface area contributed by atoms with Gasteiger partial charge < -0.3 is 9.64 Å². The molecule has 0 saturated carbocycles. The van der Waals surface area contributed by atoms with Gasteiger partial charge in [-0.05, 0) is 59.1 Å². The summed E-state index contributed by atoms with van der Waals surface area (Å²) in [6.07, 6.45) is 1.57. The molecule has 2 saturated heterocycles. The first-order valence-corrected chi connectivity index (χ1v) is 12.2. The van der Waals surface area contributed by atoms with Crippen molar-refractivity contribution in [1.82, 2.24) is 9.80 Å². The van der Waals surface area contributed by atoms with Gasteiger partial charge in [-0.15, -0.1) is 0 Å². The van der Waals surface area contributed by atoms with Crippen LogP contribution in [0.4, 0.5) is 4.79 Å². The van der Waals surface area contributed by atoms with Crippen molar-refractivity contribution in [1.29, 1.82) is 0 Å². The molecule has 172 valence electrons. The molecule has 2 fully saturated rings. The summed E-state index contributed by atoms with van der Waals surface area (Å²) in [5.74, 6) is -0.176. The van der Waals surface area contributed by atoms with E-state index in [4.69, 9.17) is 8.92 Å². The molecule has 8 nitrogen and oxygen atoms in total. The smallest absolute Gasteiger partial charge is 0.411 e. The molecule has 1 aromatic carbocycles. The first-order valence-electron chi connectivity index (χ1n) is 10.7. The van der Waals surface area contributed by atoms with Crippen LogP contribution in [0, 0.1) is 6.92 Å². The Kier molecular flexibility index (Phi) is 6.95. The number of amides is 2. The molecule has 1 aromatic rings. The zero-order valence-electron chi connectivity index (χ0n) is 18.7. The number of carbonyl (C=O) groups is 2. The first-order chi connectivity index (χ1) is 14.5. The topological polar surface area (TPSA) is 93.2 Å². The van der Waals surface area contributed by atoms with Gasteiger partial charge in [0.25, 0.3) is 10.1 Å². The van der Waals surface area contributed by atoms with E-state index in [1.165, 1.54) is 17.0 Å². The lowest BCUT2D eigenvalue weighted by atomic mass is 10.1. The number of likely N-dealkylation sites (tertiary alicyclic amines) is 2. The Hall–Kier alpha value is -2.13. The van der Waals surface area contributed by atoms with Gasteiger partial charge in [0, 0.05) is 19.5 Å². The summed E-state index contributed by atoms with van der Waals surface area (Å²) in [6, 6.07) is 5.57. The highest BCUT2D eigenvalue weighted by Gasteiger charge is 2.45. The molecule has 0 spiro atoms. The maximum absolute atomic E-state index is 13.2. The molecule has 3 rings (SSSR count). The van der Waals surface area contributed by atoms with E-state index >= 15 is 0 Å². The minimum atomic E-state index is -4.02. The van der Waals surface area contributed by atoms with Crippen molar-refractivity contribution in [2.75, 3.05) is 19.6 Å². The Morgan fingerprint density at radius 1 is 1.03 bits per heavy atom. The predicted molar refractivity (Wildman–Crippen MR) is 115 cm³/mol. The van der Waals surface area contributed by atoms with E-state index in [1.807, 2.05) is 6.92 Å². The number of hydrogen-bond donors (Lipinski definition) is 0. The zero-order valence-corrected chi connectivity index (χ0v) is 19.5. The van der Waals surface area contributed by atoms with Crippen molar-refractivity contribution in [3.05, 3.63) is 29.8 Å². The number of ether oxygens (including phenoxy) is 1. The third-order valence-corrected chi connectivity index (χ3v) is 6.79. The number of nitrogens with zero attached hydrogens (tertiary/aromatic N) is 2. The van der Waals surface area contributed by atoms with Gasteiger partial charge >= 0.3 is 6.09 Å². The number of benzene rings is 1. The number of hydrogen-bond acceptors (Lipinski definition) is 6. The zero-order chi connectivity index (χ0) is 22.8. The fraction of sp³-hybridized carbons (Fsp3) is 0.636. The van der Waals surface area contributed by atoms with Crippen molar-refractivity contribution in [2.45, 2.75) is 76.0 Å². The molecule has 2 amide bonds. The van der Waals surface area contributed by atoms with E-state index in [9.17, 15) is 18.0 Å². The second-order valence-corrected chi connectivity index (χ2v) is 10.8. The van der Waals surface area contributed by atoms with E-state index in [1.54, 1.807) is 37.8 Å². The van der Waals surface area contributed by atoms with E-state index < -0.39 is 34.0 Å². The summed E-state index contributed by atoms with van der Waals surface area (Å²) in [5.41, 5.74) is 0.200. The average Bonchev–Trinajstić information content (AvgIpc) is 3.10. The van der Waals surface area contributed by atoms with Crippen LogP contribution in [0.5, 0.6) is 0 Å². The summed E-state index contributed by atoms with van der Waals surface area (Å²) in [7, 11) is -4.02. The average molecular weight is 453 g/mol. The molecule has 2 aliphatic heterocycles. The normalized spacial score (nSPS) is 22.5. The molecular formula is C22H32N2O6S. The Labute approximate surface area is 184 Å². The van der Waals surface area contributed by atoms with Crippen molar-refractivity contribution >= 4 is 22.1 Å². The number of piperidine rings is 1. The molecule has 0 aromatic heterocycles. The summed E-state index contributed by atoms with van der Waals surface area (Å²) < 4.78 is 36.4. The summed E-state index contributed by atoms with van der Waals surface area (Å²) in [4.78, 5) is 29.1. The number of rotatable bonds is 4. The first kappa shape index (κ1) is 23.5. The van der Waals surface area contributed by atoms with Crippen LogP contribution in [0.2, 0.25) is 0 Å². The number of carbonyl (C=O) groups excluding carboxylic acids is 2. The van der Waals surface area contributed by atoms with Crippen LogP contribution in [0.15, 0.2) is 29.2 Å². The molecular weight excluding hydrogens is 420 g/mol. The molecule has 2 heterocycles. The molecule has 0 bridgehead atoms. The molecule has 2 aliphatic rings. The van der Waals surface area contributed by atoms with Gasteiger partial charge in [-0.1, -0.05) is 17.7 Å². The monoisotopic (exact) mass is 452 g/mol. The van der Waals surface area contributed by atoms with Gasteiger partial charge in [0.05, 0.1) is 17.5 Å². The second-order valence-electron chi connectivity index (χ2n) is 9.26. The van der Waals surface area contributed by atoms with Crippen LogP contribution in [0.3, 0.4) is 0 Å². The van der Waals surface area contributed by atoms with Crippen LogP contribution in [0.1, 0.15) is 52.0 Å². The Morgan fingerprint density at radius 2 is 1.65 bits per heavy atom. The highest BCUT2D eigenvalue weighted by molar-refractivity contribution is 7.86. The predicted octanol–water partition coefficient (Wildman–Crippen LogP) is 3.09. The standard InChI is InChI=1S/C22H32N2O6S/c1-16-8-10-18(11-9-16)31(27,28)30-17-14-19(20(25)23-12-6-5-7-13-23)24(15-17)21(26)29-22(2,3)4/h8-11,17,19H,5-7,12-15H2,1-4H3. The van der Waals surface area contributed by atoms with Crippen LogP contribution >= 0.6 is 0 Å². The molecule has 9 heteroatoms. The van der Waals surface area contributed by atoms with Crippen molar-refractivity contribution in [3.8, 4) is 0 Å². The Bertz CT molecular complexity index is 901. The Morgan fingerprint density at radius 3 is 2.23 bits per heavy atom. The lowest BCUT2D eigenvalue weighted by Crippen LogP contribution is -2.50. The molecule has 0 N–H and O–H groups in total. The van der Waals surface area contributed by atoms with Crippen LogP contribution in [-0.2, 0) is 23.8 Å². The van der Waals surface area contributed by atoms with E-state index in [-0.39, 0.29) is 23.8 Å². The van der Waals surface area contributed by atoms with Crippen molar-refractivity contribution < 1.29 is 26.9 Å². The minimum Gasteiger partial charge on any atom is -0.444 e.